The Hall–Kier alpha value is -2.28. The van der Waals surface area contributed by atoms with Crippen molar-refractivity contribution in [3.05, 3.63) is 82.9 Å². The van der Waals surface area contributed by atoms with Gasteiger partial charge in [-0.3, -0.25) is 0 Å². The second kappa shape index (κ2) is 14.2. The van der Waals surface area contributed by atoms with E-state index in [1.807, 2.05) is 51.2 Å². The third-order valence-electron chi connectivity index (χ3n) is 7.55. The molecule has 0 spiro atoms. The van der Waals surface area contributed by atoms with Crippen LogP contribution in [0.2, 0.25) is 0 Å². The molecule has 2 aromatic rings. The zero-order valence-electron chi connectivity index (χ0n) is 23.0. The normalized spacial score (nSPS) is 19.1. The van der Waals surface area contributed by atoms with Crippen LogP contribution in [0.3, 0.4) is 0 Å². The second-order valence-electron chi connectivity index (χ2n) is 10.1. The van der Waals surface area contributed by atoms with Crippen molar-refractivity contribution >= 4 is 11.3 Å². The van der Waals surface area contributed by atoms with E-state index in [9.17, 15) is 0 Å². The molecule has 1 atom stereocenters. The highest BCUT2D eigenvalue weighted by Crippen LogP contribution is 2.47. The highest BCUT2D eigenvalue weighted by Gasteiger charge is 2.29. The van der Waals surface area contributed by atoms with Crippen LogP contribution in [0.4, 0.5) is 5.69 Å². The van der Waals surface area contributed by atoms with Gasteiger partial charge in [0.15, 0.2) is 0 Å². The van der Waals surface area contributed by atoms with Crippen molar-refractivity contribution in [1.82, 2.24) is 0 Å². The average Bonchev–Trinajstić information content (AvgIpc) is 3.46. The van der Waals surface area contributed by atoms with E-state index < -0.39 is 0 Å². The highest BCUT2D eigenvalue weighted by molar-refractivity contribution is 5.89. The first-order chi connectivity index (χ1) is 16.5. The van der Waals surface area contributed by atoms with Crippen molar-refractivity contribution in [2.24, 2.45) is 11.3 Å². The van der Waals surface area contributed by atoms with Crippen LogP contribution in [0, 0.1) is 11.3 Å². The molecule has 0 bridgehead atoms. The van der Waals surface area contributed by atoms with E-state index in [1.54, 1.807) is 11.1 Å². The summed E-state index contributed by atoms with van der Waals surface area (Å²) in [6.07, 6.45) is 13.4. The summed E-state index contributed by atoms with van der Waals surface area (Å²) < 4.78 is 0. The number of benzene rings is 2. The van der Waals surface area contributed by atoms with Gasteiger partial charge in [-0.15, -0.1) is 0 Å². The monoisotopic (exact) mass is 459 g/mol. The van der Waals surface area contributed by atoms with Gasteiger partial charge in [-0.2, -0.15) is 0 Å². The molecular formula is C33H49N. The molecule has 2 aromatic carbocycles. The molecule has 3 aliphatic carbocycles. The molecular weight excluding hydrogens is 410 g/mol. The Morgan fingerprint density at radius 2 is 1.50 bits per heavy atom. The lowest BCUT2D eigenvalue weighted by molar-refractivity contribution is 0.323. The van der Waals surface area contributed by atoms with Gasteiger partial charge in [0.05, 0.1) is 0 Å². The van der Waals surface area contributed by atoms with E-state index in [0.29, 0.717) is 0 Å². The van der Waals surface area contributed by atoms with Gasteiger partial charge in [0.25, 0.3) is 0 Å². The number of para-hydroxylation sites is 1. The van der Waals surface area contributed by atoms with Gasteiger partial charge in [0, 0.05) is 12.7 Å². The van der Waals surface area contributed by atoms with Crippen LogP contribution in [-0.4, -0.2) is 7.05 Å². The van der Waals surface area contributed by atoms with Gasteiger partial charge >= 0.3 is 0 Å². The first-order valence-corrected chi connectivity index (χ1v) is 13.7. The zero-order chi connectivity index (χ0) is 25.0. The van der Waals surface area contributed by atoms with Crippen LogP contribution in [0.15, 0.2) is 71.8 Å². The minimum atomic E-state index is 0.736. The molecule has 0 saturated heterocycles. The molecule has 1 saturated carbocycles. The lowest BCUT2D eigenvalue weighted by atomic mass is 9.85. The van der Waals surface area contributed by atoms with E-state index in [-0.39, 0.29) is 0 Å². The topological polar surface area (TPSA) is 12.0 Å². The summed E-state index contributed by atoms with van der Waals surface area (Å²) in [7, 11) is 1.91. The van der Waals surface area contributed by atoms with Gasteiger partial charge in [0.2, 0.25) is 0 Å². The minimum absolute atomic E-state index is 0.736. The molecule has 1 nitrogen and oxygen atoms in total. The van der Waals surface area contributed by atoms with Gasteiger partial charge in [-0.05, 0) is 83.4 Å². The van der Waals surface area contributed by atoms with Gasteiger partial charge < -0.3 is 5.32 Å². The molecule has 1 unspecified atom stereocenters. The summed E-state index contributed by atoms with van der Waals surface area (Å²) in [5.74, 6) is 0.855. The lowest BCUT2D eigenvalue weighted by Gasteiger charge is -2.19. The Morgan fingerprint density at radius 3 is 1.94 bits per heavy atom. The Balaban J connectivity index is 0.000000192. The summed E-state index contributed by atoms with van der Waals surface area (Å²) in [5, 5.41) is 3.03. The molecule has 0 aliphatic heterocycles. The fraction of sp³-hybridized carbons (Fsp3) is 0.515. The van der Waals surface area contributed by atoms with Crippen molar-refractivity contribution < 1.29 is 0 Å². The number of allylic oxidation sites excluding steroid dienone is 4. The third kappa shape index (κ3) is 7.90. The van der Waals surface area contributed by atoms with E-state index in [0.717, 1.165) is 23.4 Å². The van der Waals surface area contributed by atoms with Crippen LogP contribution < -0.4 is 5.32 Å². The van der Waals surface area contributed by atoms with E-state index in [2.05, 4.69) is 63.4 Å². The summed E-state index contributed by atoms with van der Waals surface area (Å²) in [5.41, 5.74) is 9.48. The average molecular weight is 460 g/mol. The molecule has 5 rings (SSSR count). The molecule has 1 heteroatoms. The maximum atomic E-state index is 3.03. The molecule has 186 valence electrons. The number of nitrogens with one attached hydrogen (secondary N) is 1. The number of hydrogen-bond acceptors (Lipinski definition) is 1. The fourth-order valence-corrected chi connectivity index (χ4v) is 5.03. The molecule has 34 heavy (non-hydrogen) atoms. The van der Waals surface area contributed by atoms with Crippen LogP contribution in [0.5, 0.6) is 0 Å². The quantitative estimate of drug-likeness (QED) is 0.479. The maximum Gasteiger partial charge on any atom is 0.0337 e. The second-order valence-corrected chi connectivity index (χ2v) is 10.1. The molecule has 3 aliphatic rings. The van der Waals surface area contributed by atoms with Crippen molar-refractivity contribution in [1.29, 1.82) is 0 Å². The van der Waals surface area contributed by atoms with Crippen LogP contribution in [0.1, 0.15) is 97.6 Å². The Morgan fingerprint density at radius 1 is 0.882 bits per heavy atom. The van der Waals surface area contributed by atoms with Crippen molar-refractivity contribution in [2.45, 2.75) is 92.9 Å². The number of anilines is 1. The Labute approximate surface area is 210 Å². The fourth-order valence-electron chi connectivity index (χ4n) is 5.03. The van der Waals surface area contributed by atoms with Gasteiger partial charge in [0.1, 0.15) is 0 Å². The summed E-state index contributed by atoms with van der Waals surface area (Å²) in [4.78, 5) is 0. The Bertz CT molecular complexity index is 895. The third-order valence-corrected chi connectivity index (χ3v) is 7.55. The largest absolute Gasteiger partial charge is 0.388 e. The molecule has 0 heterocycles. The van der Waals surface area contributed by atoms with Crippen molar-refractivity contribution in [2.75, 3.05) is 12.4 Å². The van der Waals surface area contributed by atoms with Gasteiger partial charge in [-0.25, -0.2) is 0 Å². The summed E-state index contributed by atoms with van der Waals surface area (Å²) >= 11 is 0. The van der Waals surface area contributed by atoms with E-state index in [4.69, 9.17) is 0 Å². The number of rotatable bonds is 4. The molecule has 0 radical (unpaired) electrons. The van der Waals surface area contributed by atoms with Gasteiger partial charge in [-0.1, -0.05) is 109 Å². The first-order valence-electron chi connectivity index (χ1n) is 13.7. The lowest BCUT2D eigenvalue weighted by Crippen LogP contribution is -2.07. The molecule has 0 amide bonds. The predicted octanol–water partition coefficient (Wildman–Crippen LogP) is 10.1. The predicted molar refractivity (Wildman–Crippen MR) is 153 cm³/mol. The summed E-state index contributed by atoms with van der Waals surface area (Å²) in [6.45, 7) is 13.3. The zero-order valence-corrected chi connectivity index (χ0v) is 23.0. The van der Waals surface area contributed by atoms with E-state index in [1.165, 1.54) is 61.6 Å². The highest BCUT2D eigenvalue weighted by atomic mass is 14.8. The smallest absolute Gasteiger partial charge is 0.0337 e. The van der Waals surface area contributed by atoms with Crippen molar-refractivity contribution in [3.8, 4) is 0 Å². The molecule has 1 N–H and O–H groups in total. The standard InChI is InChI=1S/C16H18.C8H16.C7H9N.C2H6/c1-3-12-4-6-13(7-5-12)16-10-14-8-11(2)9-15(14)16;1-3-8(2)6-4-5-7-8;1-8-7-5-3-2-4-6-7;1-2/h4-7,10-11H,3,8-9H2,1-2H3;3-7H2,1-2H3;2-6,8H,1H3;1-2H3. The summed E-state index contributed by atoms with van der Waals surface area (Å²) in [6, 6.07) is 19.1. The maximum absolute atomic E-state index is 3.03. The molecule has 1 fully saturated rings. The first kappa shape index (κ1) is 28.0. The molecule has 0 aromatic heterocycles. The van der Waals surface area contributed by atoms with Crippen molar-refractivity contribution in [3.63, 3.8) is 0 Å². The number of aryl methyl sites for hydroxylation is 1. The van der Waals surface area contributed by atoms with Crippen LogP contribution in [0.25, 0.3) is 5.57 Å². The van der Waals surface area contributed by atoms with Crippen LogP contribution in [-0.2, 0) is 6.42 Å². The van der Waals surface area contributed by atoms with E-state index >= 15 is 0 Å². The SMILES string of the molecule is CC.CCC1(C)CCCC1.CCc1ccc(C2=CC3=C2CC(C)C3)cc1.CNc1ccccc1. The number of hydrogen-bond donors (Lipinski definition) is 1. The minimum Gasteiger partial charge on any atom is -0.388 e. The Kier molecular flexibility index (Phi) is 11.7. The van der Waals surface area contributed by atoms with Crippen LogP contribution >= 0.6 is 0 Å².